The molecule has 0 saturated carbocycles. The van der Waals surface area contributed by atoms with Crippen LogP contribution in [0.1, 0.15) is 29.5 Å². The standard InChI is InChI=1S/C24BF20.C24H20B.2C9H7.C2H4.Zr/c26-5-1(6(27)14(35)21(42)13(5)34)25(2-7(28)15(36)22(43)16(37)8(2)29,3-9(30)17(38)23(44)18(39)10(3)31)4-11(32)19(40)24(45)20(41)12(4)33;1-5-13-21(14-6-1)25(22-15-7-2-8-16-22,23-17-9-3-10-18-23)24-19-11-4-12-20-24;2*1-2-5-9-7-3-6-8(9)4-1;1-2;/h;1-20H;2*1-7H;1-2H2;/q2*-1;;;;. The van der Waals surface area contributed by atoms with Crippen LogP contribution in [-0.4, -0.2) is 12.3 Å². The first-order chi connectivity index (χ1) is 43.5. The van der Waals surface area contributed by atoms with E-state index in [1.807, 2.05) is 0 Å². The van der Waals surface area contributed by atoms with Gasteiger partial charge < -0.3 is 0 Å². The summed E-state index contributed by atoms with van der Waals surface area (Å²) in [6, 6.07) is 61.6. The molecule has 0 spiro atoms. The molecule has 10 aromatic rings. The van der Waals surface area contributed by atoms with Crippen LogP contribution >= 0.6 is 0 Å². The molecule has 1 aliphatic heterocycles. The van der Waals surface area contributed by atoms with Crippen molar-refractivity contribution in [2.45, 2.75) is 15.5 Å². The van der Waals surface area contributed by atoms with E-state index in [1.165, 1.54) is 33.0 Å². The zero-order chi connectivity index (χ0) is 65.2. The van der Waals surface area contributed by atoms with Gasteiger partial charge in [0.05, 0.1) is 0 Å². The average Bonchev–Trinajstić information content (AvgIpc) is 1.35. The summed E-state index contributed by atoms with van der Waals surface area (Å²) in [6.07, 6.45) is 1.41. The number of hydrogen-bond acceptors (Lipinski definition) is 0. The zero-order valence-electron chi connectivity index (χ0n) is 46.3. The summed E-state index contributed by atoms with van der Waals surface area (Å²) in [7, 11) is 0. The third kappa shape index (κ3) is 10.2. The molecule has 13 rings (SSSR count). The number of benzene rings is 10. The van der Waals surface area contributed by atoms with Crippen LogP contribution < -0.4 is 43.7 Å². The second-order valence-corrected chi connectivity index (χ2v) is 33.6. The molecule has 0 amide bonds. The van der Waals surface area contributed by atoms with Crippen LogP contribution in [0, 0.1) is 116 Å². The quantitative estimate of drug-likeness (QED) is 0.0554. The number of hydrogen-bond donors (Lipinski definition) is 0. The molecular weight excluding hydrogens is 1310 g/mol. The van der Waals surface area contributed by atoms with E-state index >= 15 is 35.1 Å². The first-order valence-electron chi connectivity index (χ1n) is 27.7. The van der Waals surface area contributed by atoms with E-state index in [2.05, 4.69) is 194 Å². The predicted octanol–water partition coefficient (Wildman–Crippen LogP) is 14.4. The van der Waals surface area contributed by atoms with Gasteiger partial charge in [-0.1, -0.05) is 121 Å². The Morgan fingerprint density at radius 1 is 0.231 bits per heavy atom. The summed E-state index contributed by atoms with van der Waals surface area (Å²) >= 11 is -2.13. The molecule has 2 aliphatic carbocycles. The monoisotopic (exact) mass is 1350 g/mol. The molecular formula is C68H38B2F20Zr-2. The van der Waals surface area contributed by atoms with Gasteiger partial charge in [0, 0.05) is 0 Å². The summed E-state index contributed by atoms with van der Waals surface area (Å²) in [5.74, 6) is -71.4. The van der Waals surface area contributed by atoms with Crippen molar-refractivity contribution in [3.8, 4) is 0 Å². The fourth-order valence-electron chi connectivity index (χ4n) is 13.5. The molecule has 462 valence electrons. The average molecular weight is 1350 g/mol. The third-order valence-electron chi connectivity index (χ3n) is 17.6. The van der Waals surface area contributed by atoms with E-state index in [1.54, 1.807) is 19.4 Å². The predicted molar refractivity (Wildman–Crippen MR) is 305 cm³/mol. The van der Waals surface area contributed by atoms with E-state index in [9.17, 15) is 52.7 Å². The topological polar surface area (TPSA) is 0 Å². The summed E-state index contributed by atoms with van der Waals surface area (Å²) in [4.78, 5) is 0. The summed E-state index contributed by atoms with van der Waals surface area (Å²) in [5, 5.41) is 0. The Hall–Kier alpha value is -8.71. The van der Waals surface area contributed by atoms with Gasteiger partial charge in [-0.2, -0.15) is 21.9 Å². The molecule has 1 saturated heterocycles. The maximum absolute atomic E-state index is 15.4. The van der Waals surface area contributed by atoms with Gasteiger partial charge in [-0.3, -0.25) is 0 Å². The first kappa shape index (κ1) is 63.8. The Labute approximate surface area is 509 Å². The molecule has 0 radical (unpaired) electrons. The molecule has 91 heavy (non-hydrogen) atoms. The van der Waals surface area contributed by atoms with Gasteiger partial charge in [-0.25, -0.2) is 87.8 Å². The Bertz CT molecular complexity index is 3940. The second-order valence-electron chi connectivity index (χ2n) is 22.0. The van der Waals surface area contributed by atoms with Crippen molar-refractivity contribution in [1.29, 1.82) is 0 Å². The van der Waals surface area contributed by atoms with Gasteiger partial charge in [0.2, 0.25) is 0 Å². The fraction of sp³-hybridized carbons (Fsp3) is 0.0588. The molecule has 0 N–H and O–H groups in total. The minimum Gasteiger partial charge on any atom is -0.207 e. The van der Waals surface area contributed by atoms with Gasteiger partial charge >= 0.3 is 131 Å². The summed E-state index contributed by atoms with van der Waals surface area (Å²) < 4.78 is 299. The molecule has 3 aliphatic rings. The Morgan fingerprint density at radius 2 is 0.429 bits per heavy atom. The maximum atomic E-state index is 15.4. The van der Waals surface area contributed by atoms with E-state index in [4.69, 9.17) is 0 Å². The van der Waals surface area contributed by atoms with Crippen molar-refractivity contribution in [2.24, 2.45) is 0 Å². The van der Waals surface area contributed by atoms with Crippen LogP contribution in [0.2, 0.25) is 8.26 Å². The third-order valence-corrected chi connectivity index (χ3v) is 30.2. The molecule has 1 fully saturated rings. The van der Waals surface area contributed by atoms with Crippen LogP contribution in [0.4, 0.5) is 87.8 Å². The summed E-state index contributed by atoms with van der Waals surface area (Å²) in [6.45, 7) is 0. The van der Waals surface area contributed by atoms with Gasteiger partial charge in [0.25, 0.3) is 0 Å². The zero-order valence-corrected chi connectivity index (χ0v) is 48.7. The van der Waals surface area contributed by atoms with E-state index in [-0.39, 0.29) is 0 Å². The normalized spacial score (nSPS) is 15.2. The number of allylic oxidation sites excluding steroid dienone is 2. The minimum atomic E-state index is -7.22. The number of halogens is 20. The number of rotatable bonds is 10. The maximum Gasteiger partial charge on any atom is 0.200 e. The molecule has 0 aromatic heterocycles. The van der Waals surface area contributed by atoms with Crippen molar-refractivity contribution < 1.29 is 108 Å². The van der Waals surface area contributed by atoms with Gasteiger partial charge in [-0.05, 0) is 0 Å². The molecule has 2 unspecified atom stereocenters. The van der Waals surface area contributed by atoms with Crippen molar-refractivity contribution >= 4 is 68.1 Å². The van der Waals surface area contributed by atoms with Crippen molar-refractivity contribution in [3.63, 3.8) is 0 Å². The van der Waals surface area contributed by atoms with E-state index in [0.717, 1.165) is 7.25 Å². The van der Waals surface area contributed by atoms with E-state index < -0.39 is 171 Å². The van der Waals surface area contributed by atoms with Crippen LogP contribution in [-0.2, 0) is 20.3 Å². The second kappa shape index (κ2) is 24.8. The Morgan fingerprint density at radius 3 is 0.648 bits per heavy atom. The summed E-state index contributed by atoms with van der Waals surface area (Å²) in [5.41, 5.74) is -2.77. The van der Waals surface area contributed by atoms with Crippen LogP contribution in [0.15, 0.2) is 182 Å². The van der Waals surface area contributed by atoms with Crippen molar-refractivity contribution in [3.05, 3.63) is 321 Å². The van der Waals surface area contributed by atoms with E-state index in [0.29, 0.717) is 0 Å². The molecule has 1 heterocycles. The largest absolute Gasteiger partial charge is 0.207 e. The first-order valence-corrected chi connectivity index (χ1v) is 34.0. The van der Waals surface area contributed by atoms with Crippen molar-refractivity contribution in [1.82, 2.24) is 0 Å². The molecule has 10 aromatic carbocycles. The van der Waals surface area contributed by atoms with Crippen LogP contribution in [0.3, 0.4) is 0 Å². The Balaban J connectivity index is 0.000000154. The van der Waals surface area contributed by atoms with Gasteiger partial charge in [0.15, 0.2) is 69.8 Å². The van der Waals surface area contributed by atoms with Crippen LogP contribution in [0.5, 0.6) is 0 Å². The number of fused-ring (bicyclic) bond motifs is 2. The molecule has 23 heteroatoms. The van der Waals surface area contributed by atoms with Crippen LogP contribution in [0.25, 0.3) is 12.2 Å². The van der Waals surface area contributed by atoms with Crippen molar-refractivity contribution in [2.75, 3.05) is 0 Å². The Kier molecular flexibility index (Phi) is 17.4. The molecule has 0 bridgehead atoms. The SMILES string of the molecule is C1=C[CH]([Zr]2([CH]3C=Cc4ccccc43)[CH2][CH2]2)c2ccccc21.Fc1c(F)c(F)c([B-](c2c(F)c(F)c(F)c(F)c2F)(c2c(F)c(F)c(F)c(F)c2F)c2c(F)c(F)c(F)c(F)c2F)c(F)c1F.c1ccc([B-](c2ccccc2)(c2ccccc2)c2ccccc2)cc1. The van der Waals surface area contributed by atoms with Gasteiger partial charge in [0.1, 0.15) is 58.8 Å². The fourth-order valence-corrected chi connectivity index (χ4v) is 29.1. The van der Waals surface area contributed by atoms with Gasteiger partial charge in [-0.15, -0.1) is 21.9 Å². The molecule has 0 nitrogen and oxygen atoms in total. The molecule has 2 atom stereocenters. The smallest absolute Gasteiger partial charge is 0.200 e. The minimum absolute atomic E-state index is 0.802.